The predicted octanol–water partition coefficient (Wildman–Crippen LogP) is 4.63. The Labute approximate surface area is 219 Å². The molecule has 0 fully saturated rings. The Bertz CT molecular complexity index is 1650. The van der Waals surface area contributed by atoms with Crippen LogP contribution in [0, 0.1) is 6.92 Å². The number of rotatable bonds is 6. The molecule has 5 heterocycles. The highest BCUT2D eigenvalue weighted by atomic mass is 32.2. The van der Waals surface area contributed by atoms with Crippen LogP contribution in [0.2, 0.25) is 0 Å². The van der Waals surface area contributed by atoms with E-state index < -0.39 is 9.84 Å². The van der Waals surface area contributed by atoms with Crippen LogP contribution in [0.15, 0.2) is 45.6 Å². The van der Waals surface area contributed by atoms with Gasteiger partial charge in [-0.05, 0) is 44.2 Å². The normalized spacial score (nSPS) is 14.8. The lowest BCUT2D eigenvalue weighted by Gasteiger charge is -2.15. The van der Waals surface area contributed by atoms with Gasteiger partial charge in [-0.25, -0.2) is 13.4 Å². The van der Waals surface area contributed by atoms with Crippen LogP contribution in [-0.2, 0) is 40.6 Å². The lowest BCUT2D eigenvalue weighted by Crippen LogP contribution is -2.16. The number of hydrogen-bond donors (Lipinski definition) is 1. The molecule has 3 aromatic heterocycles. The van der Waals surface area contributed by atoms with Crippen LogP contribution in [0.25, 0.3) is 10.6 Å². The summed E-state index contributed by atoms with van der Waals surface area (Å²) in [6, 6.07) is 9.38. The molecule has 0 bridgehead atoms. The van der Waals surface area contributed by atoms with E-state index in [1.165, 1.54) is 17.6 Å². The standard InChI is InChI=1S/C26H26N6O3S2/c1-15-8-22-25(27-15)23(12-18(29-22)10-19-11-20-13-35-7-6-32(20)31-19)30-21-5-4-17(9-24(21)37(3,33)34)26-28-16(2)14-36-26/h4-5,9,11-12,14H,6-8,10,13H2,1-3H3,(H,29,30). The number of thiazole rings is 1. The molecule has 4 aromatic rings. The number of sulfone groups is 1. The smallest absolute Gasteiger partial charge is 0.177 e. The number of ether oxygens (including phenoxy) is 1. The van der Waals surface area contributed by atoms with Gasteiger partial charge in [-0.1, -0.05) is 0 Å². The SMILES string of the molecule is CC1=Nc2c(Nc3ccc(-c4nc(C)cs4)cc3S(C)(=O)=O)cc(Cc3cc4n(n3)CCOC4)nc2C1. The predicted molar refractivity (Wildman–Crippen MR) is 144 cm³/mol. The third kappa shape index (κ3) is 4.81. The topological polar surface area (TPSA) is 111 Å². The fourth-order valence-corrected chi connectivity index (χ4v) is 6.33. The first-order valence-corrected chi connectivity index (χ1v) is 14.7. The largest absolute Gasteiger partial charge is 0.373 e. The molecule has 0 saturated heterocycles. The van der Waals surface area contributed by atoms with Crippen molar-refractivity contribution < 1.29 is 13.2 Å². The summed E-state index contributed by atoms with van der Waals surface area (Å²) >= 11 is 1.49. The molecule has 1 N–H and O–H groups in total. The van der Waals surface area contributed by atoms with Crippen LogP contribution in [0.3, 0.4) is 0 Å². The van der Waals surface area contributed by atoms with Crippen molar-refractivity contribution in [2.24, 2.45) is 4.99 Å². The highest BCUT2D eigenvalue weighted by Crippen LogP contribution is 2.39. The van der Waals surface area contributed by atoms with E-state index in [2.05, 4.69) is 16.4 Å². The minimum Gasteiger partial charge on any atom is -0.373 e. The maximum absolute atomic E-state index is 12.8. The number of aliphatic imine (C=N–C) groups is 1. The molecular weight excluding hydrogens is 508 g/mol. The zero-order chi connectivity index (χ0) is 25.7. The summed E-state index contributed by atoms with van der Waals surface area (Å²) in [5.74, 6) is 0. The van der Waals surface area contributed by atoms with Crippen molar-refractivity contribution >= 4 is 43.9 Å². The second-order valence-electron chi connectivity index (χ2n) is 9.46. The van der Waals surface area contributed by atoms with Gasteiger partial charge in [-0.2, -0.15) is 5.10 Å². The van der Waals surface area contributed by atoms with E-state index >= 15 is 0 Å². The fourth-order valence-electron chi connectivity index (χ4n) is 4.68. The number of anilines is 2. The molecule has 0 saturated carbocycles. The minimum atomic E-state index is -3.52. The zero-order valence-corrected chi connectivity index (χ0v) is 22.4. The highest BCUT2D eigenvalue weighted by molar-refractivity contribution is 7.90. The molecule has 9 nitrogen and oxygen atoms in total. The van der Waals surface area contributed by atoms with Crippen molar-refractivity contribution in [3.8, 4) is 10.6 Å². The first kappa shape index (κ1) is 24.0. The monoisotopic (exact) mass is 534 g/mol. The number of nitrogens with one attached hydrogen (secondary N) is 1. The number of benzene rings is 1. The van der Waals surface area contributed by atoms with Crippen molar-refractivity contribution in [3.05, 3.63) is 64.2 Å². The van der Waals surface area contributed by atoms with Crippen molar-refractivity contribution in [3.63, 3.8) is 0 Å². The van der Waals surface area contributed by atoms with E-state index in [0.29, 0.717) is 31.7 Å². The maximum atomic E-state index is 12.8. The van der Waals surface area contributed by atoms with Gasteiger partial charge < -0.3 is 10.1 Å². The van der Waals surface area contributed by atoms with E-state index in [4.69, 9.17) is 19.8 Å². The van der Waals surface area contributed by atoms with Gasteiger partial charge in [0.2, 0.25) is 0 Å². The minimum absolute atomic E-state index is 0.213. The quantitative estimate of drug-likeness (QED) is 0.384. The first-order chi connectivity index (χ1) is 17.7. The summed E-state index contributed by atoms with van der Waals surface area (Å²) < 4.78 is 33.1. The Hall–Kier alpha value is -3.41. The van der Waals surface area contributed by atoms with Crippen LogP contribution in [0.5, 0.6) is 0 Å². The van der Waals surface area contributed by atoms with Crippen LogP contribution >= 0.6 is 11.3 Å². The van der Waals surface area contributed by atoms with Gasteiger partial charge in [-0.15, -0.1) is 11.3 Å². The lowest BCUT2D eigenvalue weighted by atomic mass is 10.1. The van der Waals surface area contributed by atoms with E-state index in [1.807, 2.05) is 36.0 Å². The van der Waals surface area contributed by atoms with Gasteiger partial charge in [0.1, 0.15) is 10.7 Å². The van der Waals surface area contributed by atoms with Crippen LogP contribution in [0.4, 0.5) is 17.1 Å². The van der Waals surface area contributed by atoms with Gasteiger partial charge in [-0.3, -0.25) is 14.7 Å². The summed E-state index contributed by atoms with van der Waals surface area (Å²) in [5, 5.41) is 10.8. The summed E-state index contributed by atoms with van der Waals surface area (Å²) in [5.41, 5.74) is 8.32. The van der Waals surface area contributed by atoms with E-state index in [1.54, 1.807) is 12.1 Å². The highest BCUT2D eigenvalue weighted by Gasteiger charge is 2.23. The van der Waals surface area contributed by atoms with Gasteiger partial charge in [0, 0.05) is 47.1 Å². The molecule has 0 aliphatic carbocycles. The molecule has 0 spiro atoms. The number of fused-ring (bicyclic) bond motifs is 2. The Morgan fingerprint density at radius 3 is 2.73 bits per heavy atom. The van der Waals surface area contributed by atoms with Crippen molar-refractivity contribution in [1.29, 1.82) is 0 Å². The van der Waals surface area contributed by atoms with Crippen molar-refractivity contribution in [2.75, 3.05) is 18.2 Å². The third-order valence-electron chi connectivity index (χ3n) is 6.33. The first-order valence-electron chi connectivity index (χ1n) is 12.0. The number of nitrogens with zero attached hydrogens (tertiary/aromatic N) is 5. The number of aromatic nitrogens is 4. The second-order valence-corrected chi connectivity index (χ2v) is 12.3. The summed E-state index contributed by atoms with van der Waals surface area (Å²) in [4.78, 5) is 14.3. The van der Waals surface area contributed by atoms with Crippen LogP contribution in [0.1, 0.15) is 35.4 Å². The third-order valence-corrected chi connectivity index (χ3v) is 8.48. The number of hydrogen-bond acceptors (Lipinski definition) is 9. The Morgan fingerprint density at radius 1 is 1.11 bits per heavy atom. The molecular formula is C26H26N6O3S2. The molecule has 37 heavy (non-hydrogen) atoms. The average Bonchev–Trinajstić information content (AvgIpc) is 3.56. The van der Waals surface area contributed by atoms with Gasteiger partial charge in [0.05, 0.1) is 53.1 Å². The molecule has 2 aliphatic heterocycles. The molecule has 11 heteroatoms. The fraction of sp³-hybridized carbons (Fsp3) is 0.308. The van der Waals surface area contributed by atoms with Gasteiger partial charge >= 0.3 is 0 Å². The van der Waals surface area contributed by atoms with E-state index in [0.717, 1.165) is 62.7 Å². The molecule has 190 valence electrons. The van der Waals surface area contributed by atoms with E-state index in [-0.39, 0.29) is 4.90 Å². The van der Waals surface area contributed by atoms with Crippen LogP contribution < -0.4 is 5.32 Å². The number of pyridine rings is 1. The molecule has 0 unspecified atom stereocenters. The molecule has 6 rings (SSSR count). The Kier molecular flexibility index (Phi) is 5.93. The molecule has 0 amide bonds. The molecule has 0 radical (unpaired) electrons. The summed E-state index contributed by atoms with van der Waals surface area (Å²) in [6.45, 7) is 5.87. The lowest BCUT2D eigenvalue weighted by molar-refractivity contribution is 0.0800. The summed E-state index contributed by atoms with van der Waals surface area (Å²) in [7, 11) is -3.52. The molecule has 2 aliphatic rings. The maximum Gasteiger partial charge on any atom is 0.177 e. The van der Waals surface area contributed by atoms with Crippen molar-refractivity contribution in [1.82, 2.24) is 19.7 Å². The van der Waals surface area contributed by atoms with Gasteiger partial charge in [0.15, 0.2) is 9.84 Å². The Balaban J connectivity index is 1.38. The average molecular weight is 535 g/mol. The van der Waals surface area contributed by atoms with Crippen LogP contribution in [-0.4, -0.2) is 46.7 Å². The molecule has 0 atom stereocenters. The molecule has 1 aromatic carbocycles. The van der Waals surface area contributed by atoms with Gasteiger partial charge in [0.25, 0.3) is 0 Å². The second kappa shape index (κ2) is 9.16. The number of aryl methyl sites for hydroxylation is 1. The van der Waals surface area contributed by atoms with E-state index in [9.17, 15) is 8.42 Å². The zero-order valence-electron chi connectivity index (χ0n) is 20.8. The summed E-state index contributed by atoms with van der Waals surface area (Å²) in [6.07, 6.45) is 2.44. The Morgan fingerprint density at radius 2 is 1.97 bits per heavy atom. The van der Waals surface area contributed by atoms with Crippen molar-refractivity contribution in [2.45, 2.75) is 44.7 Å².